The molecule has 2 fully saturated rings. The van der Waals surface area contributed by atoms with Gasteiger partial charge in [0.2, 0.25) is 0 Å². The van der Waals surface area contributed by atoms with E-state index in [0.717, 1.165) is 18.4 Å². The zero-order valence-electron chi connectivity index (χ0n) is 9.40. The van der Waals surface area contributed by atoms with Crippen LogP contribution in [0.15, 0.2) is 0 Å². The molecule has 0 bridgehead atoms. The molecule has 3 nitrogen and oxygen atoms in total. The topological polar surface area (TPSA) is 55.3 Å². The molecule has 0 radical (unpaired) electrons. The van der Waals surface area contributed by atoms with E-state index in [1.807, 2.05) is 0 Å². The summed E-state index contributed by atoms with van der Waals surface area (Å²) in [5, 5.41) is 0. The van der Waals surface area contributed by atoms with Crippen LogP contribution < -0.4 is 11.5 Å². The summed E-state index contributed by atoms with van der Waals surface area (Å²) in [5.74, 6) is 1.62. The van der Waals surface area contributed by atoms with Crippen LogP contribution in [0.5, 0.6) is 0 Å². The highest BCUT2D eigenvalue weighted by Gasteiger charge is 2.27. The van der Waals surface area contributed by atoms with Crippen LogP contribution in [0.3, 0.4) is 0 Å². The third-order valence-corrected chi connectivity index (χ3v) is 3.80. The predicted octanol–water partition coefficient (Wildman–Crippen LogP) is 0.816. The third-order valence-electron chi connectivity index (χ3n) is 3.80. The van der Waals surface area contributed by atoms with Crippen molar-refractivity contribution in [1.82, 2.24) is 4.90 Å². The summed E-state index contributed by atoms with van der Waals surface area (Å²) in [7, 11) is 0. The minimum absolute atomic E-state index is 0. The van der Waals surface area contributed by atoms with Gasteiger partial charge in [-0.1, -0.05) is 0 Å². The van der Waals surface area contributed by atoms with E-state index in [2.05, 4.69) is 4.90 Å². The maximum atomic E-state index is 5.91. The van der Waals surface area contributed by atoms with Gasteiger partial charge in [0.1, 0.15) is 0 Å². The number of halogens is 1. The Labute approximate surface area is 99.0 Å². The molecule has 3 unspecified atom stereocenters. The van der Waals surface area contributed by atoms with Gasteiger partial charge >= 0.3 is 0 Å². The predicted molar refractivity (Wildman–Crippen MR) is 66.2 cm³/mol. The Balaban J connectivity index is 0.00000112. The summed E-state index contributed by atoms with van der Waals surface area (Å²) >= 11 is 0. The van der Waals surface area contributed by atoms with E-state index >= 15 is 0 Å². The van der Waals surface area contributed by atoms with Crippen molar-refractivity contribution in [1.29, 1.82) is 0 Å². The molecule has 1 saturated heterocycles. The Morgan fingerprint density at radius 2 is 1.93 bits per heavy atom. The first-order valence-electron chi connectivity index (χ1n) is 5.96. The average Bonchev–Trinajstić information content (AvgIpc) is 2.76. The zero-order chi connectivity index (χ0) is 9.97. The van der Waals surface area contributed by atoms with Crippen molar-refractivity contribution in [3.8, 4) is 0 Å². The number of likely N-dealkylation sites (tertiary alicyclic amines) is 1. The maximum absolute atomic E-state index is 5.91. The van der Waals surface area contributed by atoms with Crippen LogP contribution in [0, 0.1) is 11.8 Å². The van der Waals surface area contributed by atoms with Crippen molar-refractivity contribution >= 4 is 12.4 Å². The summed E-state index contributed by atoms with van der Waals surface area (Å²) in [6.45, 7) is 4.61. The van der Waals surface area contributed by atoms with E-state index < -0.39 is 0 Å². The first-order chi connectivity index (χ1) is 6.78. The standard InChI is InChI=1S/C11H23N3.ClH/c12-6-10-3-4-14(8-10)7-9-1-2-11(13)5-9;/h9-11H,1-8,12-13H2;1H. The average molecular weight is 234 g/mol. The van der Waals surface area contributed by atoms with Crippen LogP contribution in [0.1, 0.15) is 25.7 Å². The van der Waals surface area contributed by atoms with Crippen molar-refractivity contribution in [2.24, 2.45) is 23.3 Å². The van der Waals surface area contributed by atoms with Crippen molar-refractivity contribution < 1.29 is 0 Å². The van der Waals surface area contributed by atoms with Crippen molar-refractivity contribution in [3.05, 3.63) is 0 Å². The lowest BCUT2D eigenvalue weighted by Crippen LogP contribution is -2.28. The highest BCUT2D eigenvalue weighted by atomic mass is 35.5. The molecule has 0 aromatic carbocycles. The third kappa shape index (κ3) is 3.59. The lowest BCUT2D eigenvalue weighted by atomic mass is 10.1. The smallest absolute Gasteiger partial charge is 0.00420 e. The van der Waals surface area contributed by atoms with Gasteiger partial charge in [-0.2, -0.15) is 0 Å². The van der Waals surface area contributed by atoms with Crippen LogP contribution in [0.4, 0.5) is 0 Å². The van der Waals surface area contributed by atoms with Gasteiger partial charge in [0, 0.05) is 19.1 Å². The molecule has 1 aliphatic carbocycles. The Hall–Kier alpha value is 0.170. The normalized spacial score (nSPS) is 36.8. The second-order valence-electron chi connectivity index (χ2n) is 5.09. The van der Waals surface area contributed by atoms with Crippen LogP contribution in [0.2, 0.25) is 0 Å². The molecule has 2 rings (SSSR count). The Bertz CT molecular complexity index is 189. The first kappa shape index (κ1) is 13.2. The zero-order valence-corrected chi connectivity index (χ0v) is 10.2. The Morgan fingerprint density at radius 3 is 2.47 bits per heavy atom. The summed E-state index contributed by atoms with van der Waals surface area (Å²) in [4.78, 5) is 2.58. The summed E-state index contributed by atoms with van der Waals surface area (Å²) in [5.41, 5.74) is 11.6. The number of hydrogen-bond donors (Lipinski definition) is 2. The van der Waals surface area contributed by atoms with E-state index in [9.17, 15) is 0 Å². The minimum atomic E-state index is 0. The van der Waals surface area contributed by atoms with Gasteiger partial charge in [-0.25, -0.2) is 0 Å². The summed E-state index contributed by atoms with van der Waals surface area (Å²) in [6, 6.07) is 0.480. The molecular weight excluding hydrogens is 210 g/mol. The quantitative estimate of drug-likeness (QED) is 0.759. The van der Waals surface area contributed by atoms with E-state index in [-0.39, 0.29) is 12.4 Å². The van der Waals surface area contributed by atoms with E-state index in [0.29, 0.717) is 6.04 Å². The van der Waals surface area contributed by atoms with Gasteiger partial charge < -0.3 is 16.4 Å². The van der Waals surface area contributed by atoms with Gasteiger partial charge in [-0.15, -0.1) is 12.4 Å². The fourth-order valence-corrected chi connectivity index (χ4v) is 2.92. The summed E-state index contributed by atoms with van der Waals surface area (Å²) in [6.07, 6.45) is 5.11. The van der Waals surface area contributed by atoms with Gasteiger partial charge in [0.05, 0.1) is 0 Å². The van der Waals surface area contributed by atoms with E-state index in [4.69, 9.17) is 11.5 Å². The number of nitrogens with two attached hydrogens (primary N) is 2. The monoisotopic (exact) mass is 233 g/mol. The number of nitrogens with zero attached hydrogens (tertiary/aromatic N) is 1. The second-order valence-corrected chi connectivity index (χ2v) is 5.09. The lowest BCUT2D eigenvalue weighted by molar-refractivity contribution is 0.270. The Kier molecular flexibility index (Phi) is 5.33. The molecule has 90 valence electrons. The van der Waals surface area contributed by atoms with Crippen molar-refractivity contribution in [2.75, 3.05) is 26.2 Å². The minimum Gasteiger partial charge on any atom is -0.330 e. The van der Waals surface area contributed by atoms with Crippen molar-refractivity contribution in [3.63, 3.8) is 0 Å². The number of rotatable bonds is 3. The van der Waals surface area contributed by atoms with Crippen LogP contribution in [-0.2, 0) is 0 Å². The molecule has 4 N–H and O–H groups in total. The summed E-state index contributed by atoms with van der Waals surface area (Å²) < 4.78 is 0. The van der Waals surface area contributed by atoms with Gasteiger partial charge in [-0.05, 0) is 50.6 Å². The molecule has 0 amide bonds. The highest BCUT2D eigenvalue weighted by Crippen LogP contribution is 2.26. The molecule has 2 aliphatic rings. The van der Waals surface area contributed by atoms with Gasteiger partial charge in [-0.3, -0.25) is 0 Å². The molecule has 0 aromatic rings. The molecule has 3 atom stereocenters. The largest absolute Gasteiger partial charge is 0.330 e. The Morgan fingerprint density at radius 1 is 1.13 bits per heavy atom. The molecule has 4 heteroatoms. The molecule has 15 heavy (non-hydrogen) atoms. The van der Waals surface area contributed by atoms with Crippen LogP contribution in [0.25, 0.3) is 0 Å². The van der Waals surface area contributed by atoms with Gasteiger partial charge in [0.25, 0.3) is 0 Å². The molecule has 0 aromatic heterocycles. The molecule has 1 heterocycles. The van der Waals surface area contributed by atoms with Crippen LogP contribution in [-0.4, -0.2) is 37.1 Å². The lowest BCUT2D eigenvalue weighted by Gasteiger charge is -2.20. The van der Waals surface area contributed by atoms with E-state index in [1.54, 1.807) is 0 Å². The highest BCUT2D eigenvalue weighted by molar-refractivity contribution is 5.85. The SMILES string of the molecule is Cl.NCC1CCN(CC2CCC(N)C2)C1. The molecule has 1 aliphatic heterocycles. The van der Waals surface area contributed by atoms with Gasteiger partial charge in [0.15, 0.2) is 0 Å². The molecule has 0 spiro atoms. The maximum Gasteiger partial charge on any atom is 0.00420 e. The number of hydrogen-bond acceptors (Lipinski definition) is 3. The molecule has 1 saturated carbocycles. The van der Waals surface area contributed by atoms with Crippen LogP contribution >= 0.6 is 12.4 Å². The fraction of sp³-hybridized carbons (Fsp3) is 1.00. The fourth-order valence-electron chi connectivity index (χ4n) is 2.92. The van der Waals surface area contributed by atoms with E-state index in [1.165, 1.54) is 45.3 Å². The first-order valence-corrected chi connectivity index (χ1v) is 5.96. The second kappa shape index (κ2) is 6.04. The van der Waals surface area contributed by atoms with Crippen molar-refractivity contribution in [2.45, 2.75) is 31.7 Å². The molecular formula is C11H24ClN3.